The van der Waals surface area contributed by atoms with E-state index < -0.39 is 8.07 Å². The molecule has 0 bridgehead atoms. The van der Waals surface area contributed by atoms with Crippen LogP contribution < -0.4 is 0 Å². The first-order valence-electron chi connectivity index (χ1n) is 8.44. The zero-order valence-corrected chi connectivity index (χ0v) is 15.9. The maximum Gasteiger partial charge on any atom is 0.129 e. The van der Waals surface area contributed by atoms with E-state index >= 15 is 0 Å². The lowest BCUT2D eigenvalue weighted by atomic mass is 9.99. The Kier molecular flexibility index (Phi) is 7.99. The van der Waals surface area contributed by atoms with E-state index in [0.29, 0.717) is 0 Å². The first kappa shape index (κ1) is 18.5. The van der Waals surface area contributed by atoms with Gasteiger partial charge in [-0.05, 0) is 24.0 Å². The minimum atomic E-state index is -1.32. The molecule has 0 fully saturated rings. The molecule has 0 N–H and O–H groups in total. The molecule has 118 valence electrons. The Morgan fingerprint density at radius 1 is 1.00 bits per heavy atom. The predicted molar refractivity (Wildman–Crippen MR) is 103 cm³/mol. The molecule has 0 unspecified atom stereocenters. The standard InChI is InChI=1S/C21H30Si/c1-6-11-20(16-15-19-13-9-8-10-14-19)21(12-7-2)17-18-22(3,4)5/h8-10,13-16H,6-7,11-12H2,1-5H3/b16-15+,21-20+. The number of benzene rings is 1. The van der Waals surface area contributed by atoms with Crippen molar-refractivity contribution in [3.8, 4) is 11.5 Å². The number of hydrogen-bond donors (Lipinski definition) is 0. The predicted octanol–water partition coefficient (Wildman–Crippen LogP) is 6.48. The molecule has 0 spiro atoms. The summed E-state index contributed by atoms with van der Waals surface area (Å²) in [7, 11) is -1.32. The second-order valence-electron chi connectivity index (χ2n) is 6.75. The summed E-state index contributed by atoms with van der Waals surface area (Å²) >= 11 is 0. The van der Waals surface area contributed by atoms with Crippen molar-refractivity contribution in [1.29, 1.82) is 0 Å². The molecule has 0 heterocycles. The van der Waals surface area contributed by atoms with Crippen LogP contribution in [-0.2, 0) is 0 Å². The summed E-state index contributed by atoms with van der Waals surface area (Å²) in [5.74, 6) is 3.52. The van der Waals surface area contributed by atoms with E-state index in [4.69, 9.17) is 0 Å². The van der Waals surface area contributed by atoms with Gasteiger partial charge in [0.25, 0.3) is 0 Å². The molecule has 0 aromatic heterocycles. The van der Waals surface area contributed by atoms with Gasteiger partial charge in [0.2, 0.25) is 0 Å². The van der Waals surface area contributed by atoms with Crippen LogP contribution in [0.25, 0.3) is 6.08 Å². The maximum atomic E-state index is 3.54. The lowest BCUT2D eigenvalue weighted by Crippen LogP contribution is -2.16. The summed E-state index contributed by atoms with van der Waals surface area (Å²) < 4.78 is 0. The van der Waals surface area contributed by atoms with Crippen molar-refractivity contribution in [2.75, 3.05) is 0 Å². The number of hydrogen-bond acceptors (Lipinski definition) is 0. The Morgan fingerprint density at radius 3 is 2.18 bits per heavy atom. The second kappa shape index (κ2) is 9.49. The molecule has 0 saturated carbocycles. The van der Waals surface area contributed by atoms with Crippen molar-refractivity contribution in [2.45, 2.75) is 59.2 Å². The van der Waals surface area contributed by atoms with E-state index in [1.54, 1.807) is 0 Å². The summed E-state index contributed by atoms with van der Waals surface area (Å²) in [4.78, 5) is 0. The second-order valence-corrected chi connectivity index (χ2v) is 11.5. The zero-order valence-electron chi connectivity index (χ0n) is 14.9. The van der Waals surface area contributed by atoms with Gasteiger partial charge < -0.3 is 0 Å². The van der Waals surface area contributed by atoms with Gasteiger partial charge in [-0.15, -0.1) is 5.54 Å². The van der Waals surface area contributed by atoms with Crippen LogP contribution in [0.3, 0.4) is 0 Å². The van der Waals surface area contributed by atoms with Gasteiger partial charge in [-0.3, -0.25) is 0 Å². The quantitative estimate of drug-likeness (QED) is 0.320. The van der Waals surface area contributed by atoms with Crippen molar-refractivity contribution >= 4 is 14.1 Å². The van der Waals surface area contributed by atoms with Gasteiger partial charge in [-0.1, -0.05) is 94.7 Å². The molecule has 1 aromatic carbocycles. The topological polar surface area (TPSA) is 0 Å². The van der Waals surface area contributed by atoms with Gasteiger partial charge in [-0.2, -0.15) is 0 Å². The van der Waals surface area contributed by atoms with Crippen LogP contribution in [-0.4, -0.2) is 8.07 Å². The molecule has 0 nitrogen and oxygen atoms in total. The van der Waals surface area contributed by atoms with E-state index in [9.17, 15) is 0 Å². The fraction of sp³-hybridized carbons (Fsp3) is 0.429. The van der Waals surface area contributed by atoms with Gasteiger partial charge in [-0.25, -0.2) is 0 Å². The molecule has 22 heavy (non-hydrogen) atoms. The third kappa shape index (κ3) is 7.48. The summed E-state index contributed by atoms with van der Waals surface area (Å²) in [6, 6.07) is 10.5. The Labute approximate surface area is 138 Å². The Balaban J connectivity index is 3.13. The molecule has 0 aliphatic carbocycles. The van der Waals surface area contributed by atoms with E-state index in [1.165, 1.54) is 16.7 Å². The smallest absolute Gasteiger partial charge is 0.127 e. The summed E-state index contributed by atoms with van der Waals surface area (Å²) in [6.07, 6.45) is 9.02. The van der Waals surface area contributed by atoms with Crippen LogP contribution in [0.2, 0.25) is 19.6 Å². The molecule has 0 radical (unpaired) electrons. The Bertz CT molecular complexity index is 559. The van der Waals surface area contributed by atoms with E-state index in [-0.39, 0.29) is 0 Å². The van der Waals surface area contributed by atoms with Gasteiger partial charge in [0.15, 0.2) is 0 Å². The summed E-state index contributed by atoms with van der Waals surface area (Å²) in [6.45, 7) is 11.4. The molecule has 1 aromatic rings. The molecule has 0 atom stereocenters. The normalized spacial score (nSPS) is 12.8. The van der Waals surface area contributed by atoms with E-state index in [2.05, 4.69) is 87.4 Å². The Morgan fingerprint density at radius 2 is 1.64 bits per heavy atom. The van der Waals surface area contributed by atoms with E-state index in [0.717, 1.165) is 25.7 Å². The number of allylic oxidation sites excluding steroid dienone is 3. The first-order chi connectivity index (χ1) is 10.5. The molecule has 1 heteroatoms. The highest BCUT2D eigenvalue weighted by Gasteiger charge is 2.08. The van der Waals surface area contributed by atoms with Crippen molar-refractivity contribution in [3.63, 3.8) is 0 Å². The molecule has 0 amide bonds. The first-order valence-corrected chi connectivity index (χ1v) is 11.9. The molecule has 0 saturated heterocycles. The minimum Gasteiger partial charge on any atom is -0.127 e. The molecule has 0 aliphatic heterocycles. The van der Waals surface area contributed by atoms with Crippen molar-refractivity contribution < 1.29 is 0 Å². The van der Waals surface area contributed by atoms with Crippen LogP contribution in [0, 0.1) is 11.5 Å². The molecular formula is C21H30Si. The van der Waals surface area contributed by atoms with Gasteiger partial charge in [0, 0.05) is 5.57 Å². The van der Waals surface area contributed by atoms with Gasteiger partial charge in [0.05, 0.1) is 0 Å². The minimum absolute atomic E-state index is 1.09. The van der Waals surface area contributed by atoms with Crippen LogP contribution in [0.15, 0.2) is 47.6 Å². The van der Waals surface area contributed by atoms with Crippen LogP contribution in [0.1, 0.15) is 45.1 Å². The average Bonchev–Trinajstić information content (AvgIpc) is 2.48. The fourth-order valence-electron chi connectivity index (χ4n) is 2.18. The van der Waals surface area contributed by atoms with Crippen molar-refractivity contribution in [2.24, 2.45) is 0 Å². The monoisotopic (exact) mass is 310 g/mol. The highest BCUT2D eigenvalue weighted by atomic mass is 28.3. The lowest BCUT2D eigenvalue weighted by Gasteiger charge is -2.08. The van der Waals surface area contributed by atoms with Gasteiger partial charge >= 0.3 is 0 Å². The SMILES string of the molecule is CCC/C(C#C[Si](C)(C)C)=C(\C=C\c1ccccc1)CCC. The van der Waals surface area contributed by atoms with Crippen molar-refractivity contribution in [1.82, 2.24) is 0 Å². The third-order valence-corrected chi connectivity index (χ3v) is 4.15. The van der Waals surface area contributed by atoms with Crippen LogP contribution in [0.4, 0.5) is 0 Å². The highest BCUT2D eigenvalue weighted by molar-refractivity contribution is 6.83. The van der Waals surface area contributed by atoms with Gasteiger partial charge in [0.1, 0.15) is 8.07 Å². The van der Waals surface area contributed by atoms with Crippen LogP contribution >= 0.6 is 0 Å². The molecular weight excluding hydrogens is 280 g/mol. The van der Waals surface area contributed by atoms with Crippen molar-refractivity contribution in [3.05, 3.63) is 53.1 Å². The third-order valence-electron chi connectivity index (χ3n) is 3.27. The molecule has 0 aliphatic rings. The summed E-state index contributed by atoms with van der Waals surface area (Å²) in [5, 5.41) is 0. The zero-order chi connectivity index (χ0) is 16.4. The molecule has 1 rings (SSSR count). The Hall–Kier alpha value is -1.52. The highest BCUT2D eigenvalue weighted by Crippen LogP contribution is 2.19. The van der Waals surface area contributed by atoms with E-state index in [1.807, 2.05) is 0 Å². The maximum absolute atomic E-state index is 3.54. The lowest BCUT2D eigenvalue weighted by molar-refractivity contribution is 0.875. The fourth-order valence-corrected chi connectivity index (χ4v) is 2.71. The van der Waals surface area contributed by atoms with Crippen LogP contribution in [0.5, 0.6) is 0 Å². The summed E-state index contributed by atoms with van der Waals surface area (Å²) in [5.41, 5.74) is 7.56. The average molecular weight is 311 g/mol. The number of rotatable bonds is 6. The largest absolute Gasteiger partial charge is 0.129 e.